The van der Waals surface area contributed by atoms with Crippen molar-refractivity contribution in [3.05, 3.63) is 96.3 Å². The first kappa shape index (κ1) is 30.5. The van der Waals surface area contributed by atoms with Crippen LogP contribution in [0.4, 0.5) is 27.4 Å². The lowest BCUT2D eigenvalue weighted by Gasteiger charge is -2.15. The lowest BCUT2D eigenvalue weighted by molar-refractivity contribution is 0.102. The van der Waals surface area contributed by atoms with Crippen molar-refractivity contribution in [3.63, 3.8) is 0 Å². The predicted octanol–water partition coefficient (Wildman–Crippen LogP) is 5.92. The molecule has 1 amide bonds. The first-order chi connectivity index (χ1) is 20.2. The van der Waals surface area contributed by atoms with Crippen molar-refractivity contribution in [2.75, 3.05) is 29.6 Å². The monoisotopic (exact) mass is 605 g/mol. The van der Waals surface area contributed by atoms with Gasteiger partial charge in [0.1, 0.15) is 28.6 Å². The molecule has 1 aromatic heterocycles. The zero-order chi connectivity index (χ0) is 29.9. The molecule has 13 heteroatoms. The normalized spacial score (nSPS) is 10.9. The third-order valence-electron chi connectivity index (χ3n) is 6.02. The summed E-state index contributed by atoms with van der Waals surface area (Å²) in [6, 6.07) is 20.7. The van der Waals surface area contributed by atoms with E-state index in [1.54, 1.807) is 30.3 Å². The maximum Gasteiger partial charge on any atom is 0.263 e. The van der Waals surface area contributed by atoms with Gasteiger partial charge < -0.3 is 25.2 Å². The Morgan fingerprint density at radius 2 is 1.53 bits per heavy atom. The van der Waals surface area contributed by atoms with E-state index < -0.39 is 21.7 Å². The van der Waals surface area contributed by atoms with E-state index in [0.717, 1.165) is 6.07 Å². The molecule has 0 radical (unpaired) electrons. The van der Waals surface area contributed by atoms with E-state index in [2.05, 4.69) is 25.3 Å². The van der Waals surface area contributed by atoms with Crippen molar-refractivity contribution >= 4 is 50.0 Å². The van der Waals surface area contributed by atoms with Gasteiger partial charge in [-0.25, -0.2) is 22.8 Å². The van der Waals surface area contributed by atoms with E-state index in [-0.39, 0.29) is 46.7 Å². The van der Waals surface area contributed by atoms with Crippen molar-refractivity contribution < 1.29 is 32.2 Å². The van der Waals surface area contributed by atoms with Crippen LogP contribution in [0.15, 0.2) is 89.8 Å². The summed E-state index contributed by atoms with van der Waals surface area (Å²) in [5.41, 5.74) is 1.06. The van der Waals surface area contributed by atoms with E-state index in [0.29, 0.717) is 22.5 Å². The number of ether oxygens (including phenoxy) is 2. The molecule has 0 saturated carbocycles. The lowest BCUT2D eigenvalue weighted by Crippen LogP contribution is -2.18. The van der Waals surface area contributed by atoms with Crippen LogP contribution in [0.3, 0.4) is 0 Å². The van der Waals surface area contributed by atoms with Crippen molar-refractivity contribution in [2.24, 2.45) is 0 Å². The van der Waals surface area contributed by atoms with Crippen LogP contribution in [-0.4, -0.2) is 43.6 Å². The number of nitrogens with one attached hydrogen (secondary N) is 3. The Hall–Kier alpha value is -5.43. The number of fused-ring (bicyclic) bond motifs is 1. The molecule has 0 unspecified atom stereocenters. The van der Waals surface area contributed by atoms with E-state index in [4.69, 9.17) is 9.47 Å². The highest BCUT2D eigenvalue weighted by Crippen LogP contribution is 2.31. The minimum atomic E-state index is -4.28. The molecular formula is C30H28FN5O6S. The number of aromatic hydroxyl groups is 1. The highest BCUT2D eigenvalue weighted by molar-refractivity contribution is 7.92. The second-order valence-electron chi connectivity index (χ2n) is 8.86. The van der Waals surface area contributed by atoms with E-state index in [9.17, 15) is 22.7 Å². The summed E-state index contributed by atoms with van der Waals surface area (Å²) in [7, 11) is -1.53. The molecule has 222 valence electrons. The van der Waals surface area contributed by atoms with Crippen molar-refractivity contribution in [1.29, 1.82) is 0 Å². The number of phenols is 1. The summed E-state index contributed by atoms with van der Waals surface area (Å²) in [6.45, 7) is 0. The molecular weight excluding hydrogens is 577 g/mol. The van der Waals surface area contributed by atoms with Crippen LogP contribution in [0.5, 0.6) is 17.2 Å². The Bertz CT molecular complexity index is 1920. The summed E-state index contributed by atoms with van der Waals surface area (Å²) >= 11 is 0. The number of methoxy groups -OCH3 is 2. The molecule has 0 aliphatic heterocycles. The van der Waals surface area contributed by atoms with Gasteiger partial charge in [-0.05, 0) is 42.5 Å². The number of carbonyl (C=O) groups excluding carboxylic acids is 1. The van der Waals surface area contributed by atoms with E-state index >= 15 is 0 Å². The maximum absolute atomic E-state index is 14.4. The average Bonchev–Trinajstić information content (AvgIpc) is 2.96. The lowest BCUT2D eigenvalue weighted by atomic mass is 10.1. The van der Waals surface area contributed by atoms with E-state index in [1.807, 2.05) is 0 Å². The number of para-hydroxylation sites is 2. The Balaban J connectivity index is 0.00000423. The van der Waals surface area contributed by atoms with Crippen LogP contribution in [0.1, 0.15) is 17.8 Å². The van der Waals surface area contributed by atoms with Crippen molar-refractivity contribution in [2.45, 2.75) is 12.3 Å². The number of rotatable bonds is 9. The molecule has 0 fully saturated rings. The summed E-state index contributed by atoms with van der Waals surface area (Å²) in [5.74, 6) is -1.38. The maximum atomic E-state index is 14.4. The topological polar surface area (TPSA) is 152 Å². The Kier molecular flexibility index (Phi) is 8.95. The third kappa shape index (κ3) is 6.73. The first-order valence-electron chi connectivity index (χ1n) is 12.4. The summed E-state index contributed by atoms with van der Waals surface area (Å²) < 4.78 is 54.1. The Morgan fingerprint density at radius 3 is 2.23 bits per heavy atom. The summed E-state index contributed by atoms with van der Waals surface area (Å²) in [6.07, 6.45) is 0. The van der Waals surface area contributed by atoms with Gasteiger partial charge in [-0.3, -0.25) is 9.52 Å². The van der Waals surface area contributed by atoms with Gasteiger partial charge in [0.05, 0.1) is 30.1 Å². The minimum absolute atomic E-state index is 0. The molecule has 4 aromatic carbocycles. The number of sulfonamides is 1. The molecule has 0 aliphatic rings. The smallest absolute Gasteiger partial charge is 0.263 e. The molecule has 1 heterocycles. The Morgan fingerprint density at radius 1 is 0.837 bits per heavy atom. The van der Waals surface area contributed by atoms with E-state index in [1.165, 1.54) is 62.8 Å². The SMILES string of the molecule is C.COc1cc(O)cc(Nc2nc3ccccc3nc2NS(=O)(=O)c2cccc(NC(=O)c3c(F)cccc3OC)c2)c1. The molecule has 0 bridgehead atoms. The first-order valence-corrected chi connectivity index (χ1v) is 13.8. The fourth-order valence-corrected chi connectivity index (χ4v) is 5.14. The quantitative estimate of drug-likeness (QED) is 0.160. The minimum Gasteiger partial charge on any atom is -0.508 e. The van der Waals surface area contributed by atoms with Gasteiger partial charge >= 0.3 is 0 Å². The van der Waals surface area contributed by atoms with Crippen molar-refractivity contribution in [3.8, 4) is 17.2 Å². The number of hydrogen-bond acceptors (Lipinski definition) is 9. The van der Waals surface area contributed by atoms with Crippen LogP contribution in [0.2, 0.25) is 0 Å². The number of hydrogen-bond donors (Lipinski definition) is 4. The molecule has 5 rings (SSSR count). The standard InChI is InChI=1S/C29H24FN5O6S.CH4/c1-40-20-14-18(13-19(36)16-20)31-27-28(34-24-11-4-3-10-23(24)33-27)35-42(38,39)21-8-5-7-17(15-21)32-29(37)26-22(30)9-6-12-25(26)41-2;/h3-16,36H,1-2H3,(H,31,33)(H,32,37)(H,34,35);1H4. The van der Waals surface area contributed by atoms with Gasteiger partial charge in [0, 0.05) is 29.6 Å². The Labute approximate surface area is 247 Å². The number of benzene rings is 4. The molecule has 5 aromatic rings. The van der Waals surface area contributed by atoms with Crippen LogP contribution in [0.25, 0.3) is 11.0 Å². The van der Waals surface area contributed by atoms with Gasteiger partial charge in [-0.15, -0.1) is 0 Å². The largest absolute Gasteiger partial charge is 0.508 e. The van der Waals surface area contributed by atoms with Gasteiger partial charge in [0.2, 0.25) is 0 Å². The van der Waals surface area contributed by atoms with Crippen LogP contribution < -0.4 is 24.8 Å². The summed E-state index contributed by atoms with van der Waals surface area (Å²) in [4.78, 5) is 21.6. The second kappa shape index (κ2) is 12.6. The van der Waals surface area contributed by atoms with Crippen molar-refractivity contribution in [1.82, 2.24) is 9.97 Å². The number of anilines is 4. The number of amides is 1. The van der Waals surface area contributed by atoms with Gasteiger partial charge in [-0.2, -0.15) is 0 Å². The number of phenolic OH excluding ortho intramolecular Hbond substituents is 1. The van der Waals surface area contributed by atoms with Crippen LogP contribution in [0, 0.1) is 5.82 Å². The molecule has 0 saturated heterocycles. The molecule has 43 heavy (non-hydrogen) atoms. The number of nitrogens with zero attached hydrogens (tertiary/aromatic N) is 2. The second-order valence-corrected chi connectivity index (χ2v) is 10.5. The predicted molar refractivity (Wildman–Crippen MR) is 162 cm³/mol. The van der Waals surface area contributed by atoms with Crippen LogP contribution in [-0.2, 0) is 10.0 Å². The molecule has 0 aliphatic carbocycles. The number of halogens is 1. The zero-order valence-electron chi connectivity index (χ0n) is 22.3. The fraction of sp³-hybridized carbons (Fsp3) is 0.100. The van der Waals surface area contributed by atoms with Gasteiger partial charge in [0.15, 0.2) is 11.6 Å². The highest BCUT2D eigenvalue weighted by Gasteiger charge is 2.22. The zero-order valence-corrected chi connectivity index (χ0v) is 23.1. The molecule has 11 nitrogen and oxygen atoms in total. The third-order valence-corrected chi connectivity index (χ3v) is 7.35. The number of aromatic nitrogens is 2. The highest BCUT2D eigenvalue weighted by atomic mass is 32.2. The molecule has 0 spiro atoms. The van der Waals surface area contributed by atoms with Gasteiger partial charge in [-0.1, -0.05) is 31.7 Å². The summed E-state index contributed by atoms with van der Waals surface area (Å²) in [5, 5.41) is 15.5. The number of carbonyl (C=O) groups is 1. The van der Waals surface area contributed by atoms with Gasteiger partial charge in [0.25, 0.3) is 15.9 Å². The average molecular weight is 606 g/mol. The molecule has 4 N–H and O–H groups in total. The molecule has 0 atom stereocenters. The van der Waals surface area contributed by atoms with Crippen LogP contribution >= 0.6 is 0 Å². The fourth-order valence-electron chi connectivity index (χ4n) is 4.08.